The van der Waals surface area contributed by atoms with Crippen molar-refractivity contribution in [3.8, 4) is 0 Å². The lowest BCUT2D eigenvalue weighted by Crippen LogP contribution is -2.30. The van der Waals surface area contributed by atoms with Gasteiger partial charge in [-0.3, -0.25) is 5.43 Å². The van der Waals surface area contributed by atoms with Crippen molar-refractivity contribution in [3.63, 3.8) is 0 Å². The summed E-state index contributed by atoms with van der Waals surface area (Å²) in [6.45, 7) is 6.27. The summed E-state index contributed by atoms with van der Waals surface area (Å²) in [6.07, 6.45) is 0. The van der Waals surface area contributed by atoms with Gasteiger partial charge in [-0.2, -0.15) is 5.10 Å². The summed E-state index contributed by atoms with van der Waals surface area (Å²) in [5.41, 5.74) is 2.89. The summed E-state index contributed by atoms with van der Waals surface area (Å²) in [5.74, 6) is 0.683. The normalized spacial score (nSPS) is 17.6. The molecule has 0 atom stereocenters. The van der Waals surface area contributed by atoms with E-state index in [1.54, 1.807) is 0 Å². The first-order valence-electron chi connectivity index (χ1n) is 3.41. The highest BCUT2D eigenvalue weighted by atomic mass is 79.9. The van der Waals surface area contributed by atoms with E-state index >= 15 is 0 Å². The summed E-state index contributed by atoms with van der Waals surface area (Å²) >= 11 is 3.35. The van der Waals surface area contributed by atoms with Crippen molar-refractivity contribution in [1.82, 2.24) is 10.3 Å². The molecule has 1 aliphatic rings. The van der Waals surface area contributed by atoms with E-state index in [2.05, 4.69) is 45.2 Å². The fourth-order valence-corrected chi connectivity index (χ4v) is 1.30. The van der Waals surface area contributed by atoms with Crippen LogP contribution in [0.5, 0.6) is 0 Å². The largest absolute Gasteiger partial charge is 0.330 e. The summed E-state index contributed by atoms with van der Waals surface area (Å²) in [7, 11) is 0. The van der Waals surface area contributed by atoms with Crippen LogP contribution in [0.4, 0.5) is 0 Å². The molecule has 0 aliphatic carbocycles. The number of hydrogen-bond donors (Lipinski definition) is 1. The van der Waals surface area contributed by atoms with Gasteiger partial charge in [0.15, 0.2) is 4.74 Å². The van der Waals surface area contributed by atoms with Gasteiger partial charge in [-0.1, -0.05) is 13.8 Å². The second-order valence-corrected chi connectivity index (χ2v) is 3.52. The highest BCUT2D eigenvalue weighted by Crippen LogP contribution is 2.06. The predicted octanol–water partition coefficient (Wildman–Crippen LogP) is 1.17. The second kappa shape index (κ2) is 3.23. The van der Waals surface area contributed by atoms with Crippen LogP contribution in [0.15, 0.2) is 5.10 Å². The van der Waals surface area contributed by atoms with Crippen molar-refractivity contribution < 1.29 is 0 Å². The Bertz CT molecular complexity index is 144. The molecule has 1 rings (SSSR count). The summed E-state index contributed by atoms with van der Waals surface area (Å²) < 4.78 is 0.918. The second-order valence-electron chi connectivity index (χ2n) is 2.81. The maximum Gasteiger partial charge on any atom is 0.193 e. The molecule has 0 radical (unpaired) electrons. The van der Waals surface area contributed by atoms with E-state index in [1.165, 1.54) is 0 Å². The van der Waals surface area contributed by atoms with Crippen molar-refractivity contribution in [2.75, 3.05) is 13.2 Å². The molecule has 4 heteroatoms. The molecule has 0 aromatic carbocycles. The third kappa shape index (κ3) is 1.87. The topological polar surface area (TPSA) is 27.6 Å². The van der Waals surface area contributed by atoms with Crippen LogP contribution in [0.1, 0.15) is 13.8 Å². The Kier molecular flexibility index (Phi) is 2.54. The third-order valence-electron chi connectivity index (χ3n) is 1.28. The Morgan fingerprint density at radius 3 is 2.90 bits per heavy atom. The van der Waals surface area contributed by atoms with Crippen molar-refractivity contribution in [1.29, 1.82) is 0 Å². The summed E-state index contributed by atoms with van der Waals surface area (Å²) in [6, 6.07) is 0. The van der Waals surface area contributed by atoms with Crippen LogP contribution in [0, 0.1) is 5.92 Å². The smallest absolute Gasteiger partial charge is 0.193 e. The molecule has 0 aromatic rings. The summed E-state index contributed by atoms with van der Waals surface area (Å²) in [5, 5.41) is 3.98. The molecule has 0 bridgehead atoms. The van der Waals surface area contributed by atoms with Gasteiger partial charge in [0.1, 0.15) is 6.67 Å². The molecule has 0 unspecified atom stereocenters. The van der Waals surface area contributed by atoms with E-state index in [-0.39, 0.29) is 0 Å². The molecular weight excluding hydrogens is 194 g/mol. The maximum absolute atomic E-state index is 3.98. The number of halogens is 1. The molecule has 3 nitrogen and oxygen atoms in total. The quantitative estimate of drug-likeness (QED) is 0.687. The van der Waals surface area contributed by atoms with E-state index in [0.717, 1.165) is 18.0 Å². The zero-order valence-electron chi connectivity index (χ0n) is 6.26. The minimum absolute atomic E-state index is 0.683. The van der Waals surface area contributed by atoms with Crippen molar-refractivity contribution >= 4 is 20.7 Å². The third-order valence-corrected chi connectivity index (χ3v) is 1.96. The van der Waals surface area contributed by atoms with E-state index in [0.29, 0.717) is 5.92 Å². The predicted molar refractivity (Wildman–Crippen MR) is 45.9 cm³/mol. The fourth-order valence-electron chi connectivity index (χ4n) is 0.903. The van der Waals surface area contributed by atoms with Crippen LogP contribution in [0.25, 0.3) is 0 Å². The highest BCUT2D eigenvalue weighted by molar-refractivity contribution is 9.18. The molecular formula is C6H12BrN3. The van der Waals surface area contributed by atoms with Crippen LogP contribution < -0.4 is 5.43 Å². The zero-order valence-corrected chi connectivity index (χ0v) is 7.85. The molecule has 0 aromatic heterocycles. The highest BCUT2D eigenvalue weighted by Gasteiger charge is 2.13. The first kappa shape index (κ1) is 7.85. The molecule has 58 valence electrons. The molecule has 1 heterocycles. The minimum atomic E-state index is 0.683. The standard InChI is InChI=1S/C6H12BrN3/c1-5(2)3-10-4-8-9-6(10)7/h5,8H,3-4H2,1-2H3. The first-order chi connectivity index (χ1) is 4.70. The monoisotopic (exact) mass is 205 g/mol. The number of hydrogen-bond acceptors (Lipinski definition) is 3. The van der Waals surface area contributed by atoms with Gasteiger partial charge in [0.25, 0.3) is 0 Å². The van der Waals surface area contributed by atoms with Gasteiger partial charge in [-0.15, -0.1) is 0 Å². The molecule has 1 N–H and O–H groups in total. The molecule has 0 saturated heterocycles. The van der Waals surface area contributed by atoms with E-state index in [4.69, 9.17) is 0 Å². The van der Waals surface area contributed by atoms with Crippen molar-refractivity contribution in [2.24, 2.45) is 11.0 Å². The van der Waals surface area contributed by atoms with E-state index in [1.807, 2.05) is 0 Å². The van der Waals surface area contributed by atoms with E-state index in [9.17, 15) is 0 Å². The van der Waals surface area contributed by atoms with Gasteiger partial charge in [0.05, 0.1) is 0 Å². The molecule has 0 amide bonds. The lowest BCUT2D eigenvalue weighted by Gasteiger charge is -2.17. The average Bonchev–Trinajstić information content (AvgIpc) is 2.15. The molecule has 0 fully saturated rings. The van der Waals surface area contributed by atoms with Crippen LogP contribution in [0.3, 0.4) is 0 Å². The Labute approximate surface area is 69.6 Å². The first-order valence-corrected chi connectivity index (χ1v) is 4.20. The molecule has 10 heavy (non-hydrogen) atoms. The van der Waals surface area contributed by atoms with Gasteiger partial charge in [-0.05, 0) is 21.8 Å². The maximum atomic E-state index is 3.98. The van der Waals surface area contributed by atoms with Crippen molar-refractivity contribution in [3.05, 3.63) is 0 Å². The number of nitrogens with one attached hydrogen (secondary N) is 1. The molecule has 0 spiro atoms. The van der Waals surface area contributed by atoms with Gasteiger partial charge < -0.3 is 4.90 Å². The van der Waals surface area contributed by atoms with Crippen LogP contribution in [-0.2, 0) is 0 Å². The Morgan fingerprint density at radius 2 is 2.50 bits per heavy atom. The Hall–Kier alpha value is -0.250. The van der Waals surface area contributed by atoms with E-state index < -0.39 is 0 Å². The van der Waals surface area contributed by atoms with Gasteiger partial charge >= 0.3 is 0 Å². The Morgan fingerprint density at radius 1 is 1.80 bits per heavy atom. The molecule has 0 saturated carbocycles. The van der Waals surface area contributed by atoms with Gasteiger partial charge in [-0.25, -0.2) is 0 Å². The summed E-state index contributed by atoms with van der Waals surface area (Å²) in [4.78, 5) is 2.16. The Balaban J connectivity index is 2.35. The van der Waals surface area contributed by atoms with Crippen LogP contribution in [0.2, 0.25) is 0 Å². The molecule has 1 aliphatic heterocycles. The van der Waals surface area contributed by atoms with Crippen LogP contribution in [-0.4, -0.2) is 22.9 Å². The zero-order chi connectivity index (χ0) is 7.56. The number of nitrogens with zero attached hydrogens (tertiary/aromatic N) is 2. The number of amidine groups is 1. The lowest BCUT2D eigenvalue weighted by molar-refractivity contribution is 0.377. The van der Waals surface area contributed by atoms with Gasteiger partial charge in [0, 0.05) is 6.54 Å². The minimum Gasteiger partial charge on any atom is -0.330 e. The van der Waals surface area contributed by atoms with Crippen LogP contribution >= 0.6 is 15.9 Å². The fraction of sp³-hybridized carbons (Fsp3) is 0.833. The lowest BCUT2D eigenvalue weighted by atomic mass is 10.2. The SMILES string of the molecule is CC(C)CN1CNN=C1Br. The number of rotatable bonds is 2. The average molecular weight is 206 g/mol. The van der Waals surface area contributed by atoms with Gasteiger partial charge in [0.2, 0.25) is 0 Å². The number of hydrazone groups is 1. The van der Waals surface area contributed by atoms with Crippen molar-refractivity contribution in [2.45, 2.75) is 13.8 Å².